The molecule has 0 radical (unpaired) electrons. The Hall–Kier alpha value is -2.63. The van der Waals surface area contributed by atoms with Gasteiger partial charge in [0.2, 0.25) is 11.7 Å². The van der Waals surface area contributed by atoms with Gasteiger partial charge in [0.05, 0.1) is 12.5 Å². The fraction of sp³-hybridized carbons (Fsp3) is 0.312. The zero-order valence-electron chi connectivity index (χ0n) is 12.0. The minimum Gasteiger partial charge on any atom is -0.490 e. The van der Waals surface area contributed by atoms with E-state index in [9.17, 15) is 4.79 Å². The summed E-state index contributed by atoms with van der Waals surface area (Å²) in [6.45, 7) is 3.44. The summed E-state index contributed by atoms with van der Waals surface area (Å²) in [6.07, 6.45) is 3.83. The second-order valence-corrected chi connectivity index (χ2v) is 5.29. The maximum Gasteiger partial charge on any atom is 0.331 e. The number of hydrogen-bond donors (Lipinski definition) is 1. The van der Waals surface area contributed by atoms with Crippen LogP contribution in [0.2, 0.25) is 0 Å². The number of hydrogen-bond acceptors (Lipinski definition) is 5. The van der Waals surface area contributed by atoms with Crippen LogP contribution in [-0.4, -0.2) is 27.3 Å². The number of nitrogens with zero attached hydrogens (tertiary/aromatic N) is 2. The molecule has 1 fully saturated rings. The molecule has 0 spiro atoms. The van der Waals surface area contributed by atoms with Crippen LogP contribution in [0.25, 0.3) is 11.4 Å². The van der Waals surface area contributed by atoms with Gasteiger partial charge in [-0.25, -0.2) is 4.79 Å². The van der Waals surface area contributed by atoms with Gasteiger partial charge in [0.15, 0.2) is 0 Å². The molecular formula is C16H16N2O4. The van der Waals surface area contributed by atoms with Crippen LogP contribution >= 0.6 is 0 Å². The summed E-state index contributed by atoms with van der Waals surface area (Å²) < 4.78 is 10.8. The summed E-state index contributed by atoms with van der Waals surface area (Å²) in [5, 5.41) is 12.6. The van der Waals surface area contributed by atoms with E-state index >= 15 is 0 Å². The van der Waals surface area contributed by atoms with Gasteiger partial charge in [0.25, 0.3) is 0 Å². The van der Waals surface area contributed by atoms with Crippen LogP contribution < -0.4 is 4.74 Å². The predicted octanol–water partition coefficient (Wildman–Crippen LogP) is 2.85. The van der Waals surface area contributed by atoms with E-state index in [-0.39, 0.29) is 17.9 Å². The van der Waals surface area contributed by atoms with E-state index in [0.29, 0.717) is 11.9 Å². The van der Waals surface area contributed by atoms with Crippen molar-refractivity contribution in [3.63, 3.8) is 0 Å². The summed E-state index contributed by atoms with van der Waals surface area (Å²) in [5.41, 5.74) is 0.802. The first kappa shape index (κ1) is 14.3. The fourth-order valence-electron chi connectivity index (χ4n) is 2.07. The number of ether oxygens (including phenoxy) is 1. The number of aromatic nitrogens is 2. The van der Waals surface area contributed by atoms with Crippen molar-refractivity contribution in [3.8, 4) is 17.1 Å². The number of carboxylic acid groups (broad SMARTS) is 1. The molecule has 0 amide bonds. The Bertz CT molecular complexity index is 686. The van der Waals surface area contributed by atoms with Gasteiger partial charge >= 0.3 is 5.97 Å². The molecule has 0 atom stereocenters. The van der Waals surface area contributed by atoms with Crippen LogP contribution in [-0.2, 0) is 11.2 Å². The summed E-state index contributed by atoms with van der Waals surface area (Å²) in [7, 11) is 0. The van der Waals surface area contributed by atoms with Crippen molar-refractivity contribution < 1.29 is 19.2 Å². The quantitative estimate of drug-likeness (QED) is 0.826. The second-order valence-electron chi connectivity index (χ2n) is 5.29. The van der Waals surface area contributed by atoms with Gasteiger partial charge in [-0.2, -0.15) is 4.98 Å². The monoisotopic (exact) mass is 300 g/mol. The highest BCUT2D eigenvalue weighted by molar-refractivity contribution is 5.86. The highest BCUT2D eigenvalue weighted by Gasteiger charge is 2.19. The molecule has 1 N–H and O–H groups in total. The Morgan fingerprint density at radius 1 is 1.36 bits per heavy atom. The largest absolute Gasteiger partial charge is 0.490 e. The molecule has 6 heteroatoms. The number of carboxylic acids is 1. The molecule has 2 aromatic rings. The highest BCUT2D eigenvalue weighted by Crippen LogP contribution is 2.26. The van der Waals surface area contributed by atoms with E-state index < -0.39 is 5.97 Å². The standard InChI is InChI=1S/C16H16N2O4/c1-10(16(19)20)9-14-17-15(18-22-14)11-5-7-13(8-6-11)21-12-3-2-4-12/h5-8,12H,1-4,9H2,(H,19,20). The molecule has 1 heterocycles. The van der Waals surface area contributed by atoms with Gasteiger partial charge in [0.1, 0.15) is 5.75 Å². The average molecular weight is 300 g/mol. The minimum absolute atomic E-state index is 0.0134. The summed E-state index contributed by atoms with van der Waals surface area (Å²) in [6, 6.07) is 7.46. The van der Waals surface area contributed by atoms with Crippen LogP contribution in [0.3, 0.4) is 0 Å². The van der Waals surface area contributed by atoms with Crippen molar-refractivity contribution in [2.75, 3.05) is 0 Å². The Morgan fingerprint density at radius 3 is 2.68 bits per heavy atom. The topological polar surface area (TPSA) is 85.5 Å². The lowest BCUT2D eigenvalue weighted by atomic mass is 9.96. The lowest BCUT2D eigenvalue weighted by Crippen LogP contribution is -2.24. The summed E-state index contributed by atoms with van der Waals surface area (Å²) >= 11 is 0. The molecule has 1 aliphatic carbocycles. The molecule has 6 nitrogen and oxygen atoms in total. The molecule has 114 valence electrons. The zero-order valence-corrected chi connectivity index (χ0v) is 12.0. The van der Waals surface area contributed by atoms with Crippen LogP contribution in [0.1, 0.15) is 25.2 Å². The SMILES string of the molecule is C=C(Cc1nc(-c2ccc(OC3CCC3)cc2)no1)C(=O)O. The van der Waals surface area contributed by atoms with Gasteiger partial charge in [-0.1, -0.05) is 11.7 Å². The van der Waals surface area contributed by atoms with Gasteiger partial charge in [-0.05, 0) is 43.5 Å². The lowest BCUT2D eigenvalue weighted by molar-refractivity contribution is -0.132. The fourth-order valence-corrected chi connectivity index (χ4v) is 2.07. The van der Waals surface area contributed by atoms with E-state index in [1.807, 2.05) is 24.3 Å². The van der Waals surface area contributed by atoms with Gasteiger partial charge in [0, 0.05) is 11.1 Å². The van der Waals surface area contributed by atoms with E-state index in [1.54, 1.807) is 0 Å². The Balaban J connectivity index is 1.67. The number of carbonyl (C=O) groups is 1. The summed E-state index contributed by atoms with van der Waals surface area (Å²) in [4.78, 5) is 14.9. The van der Waals surface area contributed by atoms with Crippen molar-refractivity contribution in [3.05, 3.63) is 42.3 Å². The number of benzene rings is 1. The molecule has 0 bridgehead atoms. The summed E-state index contributed by atoms with van der Waals surface area (Å²) in [5.74, 6) is 0.411. The van der Waals surface area contributed by atoms with E-state index in [4.69, 9.17) is 14.4 Å². The van der Waals surface area contributed by atoms with Crippen LogP contribution in [0, 0.1) is 0 Å². The molecule has 0 unspecified atom stereocenters. The third-order valence-electron chi connectivity index (χ3n) is 3.60. The maximum atomic E-state index is 10.7. The van der Waals surface area contributed by atoms with Crippen LogP contribution in [0.5, 0.6) is 5.75 Å². The smallest absolute Gasteiger partial charge is 0.331 e. The molecule has 1 aromatic carbocycles. The van der Waals surface area contributed by atoms with Crippen molar-refractivity contribution in [2.24, 2.45) is 0 Å². The first-order chi connectivity index (χ1) is 10.6. The van der Waals surface area contributed by atoms with Crippen molar-refractivity contribution in [1.82, 2.24) is 10.1 Å². The molecule has 3 rings (SSSR count). The first-order valence-electron chi connectivity index (χ1n) is 7.12. The number of rotatable bonds is 6. The van der Waals surface area contributed by atoms with Crippen LogP contribution in [0.15, 0.2) is 40.9 Å². The first-order valence-corrected chi connectivity index (χ1v) is 7.12. The molecular weight excluding hydrogens is 284 g/mol. The third-order valence-corrected chi connectivity index (χ3v) is 3.60. The van der Waals surface area contributed by atoms with Crippen molar-refractivity contribution in [1.29, 1.82) is 0 Å². The molecule has 0 aliphatic heterocycles. The molecule has 1 aromatic heterocycles. The normalized spacial score (nSPS) is 14.4. The average Bonchev–Trinajstić information content (AvgIpc) is 2.92. The predicted molar refractivity (Wildman–Crippen MR) is 78.5 cm³/mol. The van der Waals surface area contributed by atoms with E-state index in [2.05, 4.69) is 16.7 Å². The van der Waals surface area contributed by atoms with Gasteiger partial charge < -0.3 is 14.4 Å². The Labute approximate surface area is 127 Å². The molecule has 1 saturated carbocycles. The third kappa shape index (κ3) is 3.16. The second kappa shape index (κ2) is 6.01. The Morgan fingerprint density at radius 2 is 2.09 bits per heavy atom. The van der Waals surface area contributed by atoms with Crippen LogP contribution in [0.4, 0.5) is 0 Å². The Kier molecular flexibility index (Phi) is 3.91. The van der Waals surface area contributed by atoms with E-state index in [1.165, 1.54) is 6.42 Å². The van der Waals surface area contributed by atoms with E-state index in [0.717, 1.165) is 24.2 Å². The molecule has 1 aliphatic rings. The molecule has 22 heavy (non-hydrogen) atoms. The zero-order chi connectivity index (χ0) is 15.5. The maximum absolute atomic E-state index is 10.7. The van der Waals surface area contributed by atoms with Crippen molar-refractivity contribution in [2.45, 2.75) is 31.8 Å². The minimum atomic E-state index is -1.07. The van der Waals surface area contributed by atoms with Gasteiger partial charge in [-0.15, -0.1) is 0 Å². The number of aliphatic carboxylic acids is 1. The van der Waals surface area contributed by atoms with Gasteiger partial charge in [-0.3, -0.25) is 0 Å². The van der Waals surface area contributed by atoms with Crippen molar-refractivity contribution >= 4 is 5.97 Å². The highest BCUT2D eigenvalue weighted by atomic mass is 16.5. The molecule has 0 saturated heterocycles. The lowest BCUT2D eigenvalue weighted by Gasteiger charge is -2.26.